The third-order valence-corrected chi connectivity index (χ3v) is 4.49. The molecular formula is C15H20ClNO2. The Labute approximate surface area is 119 Å². The summed E-state index contributed by atoms with van der Waals surface area (Å²) in [5.74, 6) is 0.695. The number of benzene rings is 1. The van der Waals surface area contributed by atoms with Crippen LogP contribution in [0.25, 0.3) is 0 Å². The normalized spacial score (nSPS) is 25.0. The molecule has 1 saturated heterocycles. The van der Waals surface area contributed by atoms with E-state index in [-0.39, 0.29) is 11.7 Å². The van der Waals surface area contributed by atoms with E-state index in [1.54, 1.807) is 12.1 Å². The second kappa shape index (κ2) is 5.22. The van der Waals surface area contributed by atoms with Crippen molar-refractivity contribution in [2.75, 3.05) is 12.3 Å². The molecule has 1 unspecified atom stereocenters. The van der Waals surface area contributed by atoms with Crippen LogP contribution in [0.2, 0.25) is 5.02 Å². The average Bonchev–Trinajstić information content (AvgIpc) is 2.99. The maximum Gasteiger partial charge on any atom is 0.142 e. The van der Waals surface area contributed by atoms with Crippen LogP contribution < -0.4 is 10.5 Å². The van der Waals surface area contributed by atoms with E-state index in [1.165, 1.54) is 32.1 Å². The van der Waals surface area contributed by atoms with Crippen molar-refractivity contribution >= 4 is 17.3 Å². The summed E-state index contributed by atoms with van der Waals surface area (Å²) >= 11 is 5.87. The number of ether oxygens (including phenoxy) is 2. The highest BCUT2D eigenvalue weighted by Crippen LogP contribution is 2.43. The summed E-state index contributed by atoms with van der Waals surface area (Å²) in [6.07, 6.45) is 7.51. The van der Waals surface area contributed by atoms with Crippen molar-refractivity contribution < 1.29 is 9.47 Å². The highest BCUT2D eigenvalue weighted by atomic mass is 35.5. The van der Waals surface area contributed by atoms with E-state index in [2.05, 4.69) is 0 Å². The maximum absolute atomic E-state index is 6.20. The van der Waals surface area contributed by atoms with Crippen LogP contribution in [0.5, 0.6) is 5.75 Å². The molecule has 0 bridgehead atoms. The van der Waals surface area contributed by atoms with E-state index >= 15 is 0 Å². The van der Waals surface area contributed by atoms with Crippen LogP contribution in [0.3, 0.4) is 0 Å². The molecule has 1 aliphatic carbocycles. The number of anilines is 1. The summed E-state index contributed by atoms with van der Waals surface area (Å²) in [6, 6.07) is 5.32. The molecule has 1 aromatic carbocycles. The predicted octanol–water partition coefficient (Wildman–Crippen LogP) is 3.79. The number of nitrogen functional groups attached to an aromatic ring is 1. The molecule has 0 aromatic heterocycles. The van der Waals surface area contributed by atoms with Gasteiger partial charge < -0.3 is 15.2 Å². The molecule has 1 spiro atoms. The van der Waals surface area contributed by atoms with Crippen LogP contribution >= 0.6 is 11.6 Å². The minimum absolute atomic E-state index is 0.166. The monoisotopic (exact) mass is 281 g/mol. The topological polar surface area (TPSA) is 44.5 Å². The Morgan fingerprint density at radius 2 is 2.11 bits per heavy atom. The van der Waals surface area contributed by atoms with Gasteiger partial charge >= 0.3 is 0 Å². The second-order valence-electron chi connectivity index (χ2n) is 5.66. The van der Waals surface area contributed by atoms with Crippen LogP contribution in [0.4, 0.5) is 5.69 Å². The zero-order valence-electron chi connectivity index (χ0n) is 11.0. The zero-order chi connectivity index (χ0) is 13.3. The molecule has 3 nitrogen and oxygen atoms in total. The van der Waals surface area contributed by atoms with Crippen molar-refractivity contribution in [1.82, 2.24) is 0 Å². The Balaban J connectivity index is 1.55. The lowest BCUT2D eigenvalue weighted by Gasteiger charge is -2.23. The fourth-order valence-corrected chi connectivity index (χ4v) is 3.41. The number of hydrogen-bond donors (Lipinski definition) is 1. The lowest BCUT2D eigenvalue weighted by Crippen LogP contribution is -2.27. The molecule has 1 atom stereocenters. The SMILES string of the molecule is Nc1cc(Cl)ccc1OCC1CCC2(CCCC2)O1. The standard InChI is InChI=1S/C15H20ClNO2/c16-11-3-4-14(13(17)9-11)18-10-12-5-8-15(19-12)6-1-2-7-15/h3-4,9,12H,1-2,5-8,10,17H2. The highest BCUT2D eigenvalue weighted by Gasteiger charge is 2.42. The lowest BCUT2D eigenvalue weighted by molar-refractivity contribution is -0.0507. The van der Waals surface area contributed by atoms with Crippen molar-refractivity contribution in [1.29, 1.82) is 0 Å². The van der Waals surface area contributed by atoms with Gasteiger partial charge in [-0.05, 0) is 43.9 Å². The Bertz CT molecular complexity index is 457. The summed E-state index contributed by atoms with van der Waals surface area (Å²) in [7, 11) is 0. The third kappa shape index (κ3) is 2.82. The molecule has 0 radical (unpaired) electrons. The minimum atomic E-state index is 0.166. The van der Waals surface area contributed by atoms with Gasteiger partial charge in [-0.15, -0.1) is 0 Å². The van der Waals surface area contributed by atoms with E-state index in [9.17, 15) is 0 Å². The molecule has 1 aromatic rings. The summed E-state index contributed by atoms with van der Waals surface area (Å²) < 4.78 is 12.0. The number of rotatable bonds is 3. The van der Waals surface area contributed by atoms with Crippen LogP contribution in [-0.2, 0) is 4.74 Å². The minimum Gasteiger partial charge on any atom is -0.489 e. The van der Waals surface area contributed by atoms with E-state index in [0.717, 1.165) is 6.42 Å². The van der Waals surface area contributed by atoms with Gasteiger partial charge in [0.25, 0.3) is 0 Å². The number of halogens is 1. The fraction of sp³-hybridized carbons (Fsp3) is 0.600. The molecule has 2 aliphatic rings. The van der Waals surface area contributed by atoms with Gasteiger partial charge in [0.1, 0.15) is 12.4 Å². The molecule has 4 heteroatoms. The molecule has 104 valence electrons. The van der Waals surface area contributed by atoms with Crippen LogP contribution in [-0.4, -0.2) is 18.3 Å². The quantitative estimate of drug-likeness (QED) is 0.857. The molecule has 3 rings (SSSR count). The Hall–Kier alpha value is -0.930. The van der Waals surface area contributed by atoms with E-state index in [0.29, 0.717) is 23.1 Å². The molecule has 0 amide bonds. The van der Waals surface area contributed by atoms with Gasteiger partial charge in [-0.1, -0.05) is 24.4 Å². The first-order valence-corrected chi connectivity index (χ1v) is 7.40. The van der Waals surface area contributed by atoms with E-state index in [1.807, 2.05) is 6.07 Å². The third-order valence-electron chi connectivity index (χ3n) is 4.25. The summed E-state index contributed by atoms with van der Waals surface area (Å²) in [4.78, 5) is 0. The van der Waals surface area contributed by atoms with Crippen molar-refractivity contribution in [2.24, 2.45) is 0 Å². The highest BCUT2D eigenvalue weighted by molar-refractivity contribution is 6.30. The van der Waals surface area contributed by atoms with Crippen molar-refractivity contribution in [2.45, 2.75) is 50.2 Å². The maximum atomic E-state index is 6.20. The van der Waals surface area contributed by atoms with Crippen molar-refractivity contribution in [3.8, 4) is 5.75 Å². The fourth-order valence-electron chi connectivity index (χ4n) is 3.23. The summed E-state index contributed by atoms with van der Waals surface area (Å²) in [6.45, 7) is 0.577. The van der Waals surface area contributed by atoms with Crippen LogP contribution in [0, 0.1) is 0 Å². The summed E-state index contributed by atoms with van der Waals surface area (Å²) in [5.41, 5.74) is 6.62. The van der Waals surface area contributed by atoms with E-state index < -0.39 is 0 Å². The Morgan fingerprint density at radius 3 is 2.84 bits per heavy atom. The average molecular weight is 282 g/mol. The van der Waals surface area contributed by atoms with Crippen LogP contribution in [0.15, 0.2) is 18.2 Å². The number of nitrogens with two attached hydrogens (primary N) is 1. The van der Waals surface area contributed by atoms with Crippen molar-refractivity contribution in [3.05, 3.63) is 23.2 Å². The van der Waals surface area contributed by atoms with Crippen molar-refractivity contribution in [3.63, 3.8) is 0 Å². The Morgan fingerprint density at radius 1 is 1.32 bits per heavy atom. The second-order valence-corrected chi connectivity index (χ2v) is 6.10. The molecule has 2 N–H and O–H groups in total. The van der Waals surface area contributed by atoms with Gasteiger partial charge in [0.15, 0.2) is 0 Å². The first kappa shape index (κ1) is 13.1. The molecule has 2 fully saturated rings. The van der Waals surface area contributed by atoms with Gasteiger partial charge in [-0.2, -0.15) is 0 Å². The molecule has 19 heavy (non-hydrogen) atoms. The summed E-state index contributed by atoms with van der Waals surface area (Å²) in [5, 5.41) is 0.631. The lowest BCUT2D eigenvalue weighted by atomic mass is 9.98. The van der Waals surface area contributed by atoms with E-state index in [4.69, 9.17) is 26.8 Å². The van der Waals surface area contributed by atoms with Gasteiger partial charge in [0.05, 0.1) is 17.4 Å². The molecule has 1 aliphatic heterocycles. The smallest absolute Gasteiger partial charge is 0.142 e. The molecule has 1 heterocycles. The largest absolute Gasteiger partial charge is 0.489 e. The number of hydrogen-bond acceptors (Lipinski definition) is 3. The van der Waals surface area contributed by atoms with Gasteiger partial charge in [-0.3, -0.25) is 0 Å². The first-order valence-electron chi connectivity index (χ1n) is 7.03. The van der Waals surface area contributed by atoms with Gasteiger partial charge in [0, 0.05) is 5.02 Å². The zero-order valence-corrected chi connectivity index (χ0v) is 11.8. The Kier molecular flexibility index (Phi) is 3.59. The first-order chi connectivity index (χ1) is 9.17. The molecular weight excluding hydrogens is 262 g/mol. The van der Waals surface area contributed by atoms with Crippen LogP contribution in [0.1, 0.15) is 38.5 Å². The predicted molar refractivity (Wildman–Crippen MR) is 76.7 cm³/mol. The van der Waals surface area contributed by atoms with Gasteiger partial charge in [0.2, 0.25) is 0 Å². The molecule has 1 saturated carbocycles. The van der Waals surface area contributed by atoms with Gasteiger partial charge in [-0.25, -0.2) is 0 Å².